The van der Waals surface area contributed by atoms with Gasteiger partial charge in [-0.1, -0.05) is 30.7 Å². The number of hydrogen-bond acceptors (Lipinski definition) is 4. The number of carbonyl (C=O) groups excluding carboxylic acids is 2. The summed E-state index contributed by atoms with van der Waals surface area (Å²) in [6.07, 6.45) is 1.32. The number of thiazole rings is 1. The molecule has 0 unspecified atom stereocenters. The van der Waals surface area contributed by atoms with Crippen molar-refractivity contribution in [3.8, 4) is 11.3 Å². The molecule has 0 atom stereocenters. The molecule has 2 aromatic carbocycles. The molecule has 0 saturated heterocycles. The van der Waals surface area contributed by atoms with Crippen LogP contribution >= 0.6 is 22.9 Å². The van der Waals surface area contributed by atoms with Gasteiger partial charge in [0, 0.05) is 33.6 Å². The number of rotatable bonds is 6. The van der Waals surface area contributed by atoms with Crippen LogP contribution in [-0.4, -0.2) is 16.8 Å². The molecule has 1 aromatic heterocycles. The van der Waals surface area contributed by atoms with E-state index in [1.165, 1.54) is 11.3 Å². The van der Waals surface area contributed by atoms with E-state index in [0.717, 1.165) is 23.4 Å². The zero-order valence-corrected chi connectivity index (χ0v) is 16.2. The number of amides is 2. The molecule has 0 spiro atoms. The standard InChI is InChI=1S/C20H18ClN3O2S/c1-2-3-18(25)22-16-10-6-13(7-11-16)17-12-27-20(23-17)24-19(26)14-4-8-15(21)9-5-14/h4-12H,2-3H2,1H3,(H,22,25)(H,23,24,26). The van der Waals surface area contributed by atoms with Crippen LogP contribution in [0.2, 0.25) is 5.02 Å². The SMILES string of the molecule is CCCC(=O)Nc1ccc(-c2csc(NC(=O)c3ccc(Cl)cc3)n2)cc1. The number of nitrogens with one attached hydrogen (secondary N) is 2. The van der Waals surface area contributed by atoms with Gasteiger partial charge in [-0.3, -0.25) is 14.9 Å². The van der Waals surface area contributed by atoms with Crippen molar-refractivity contribution in [3.63, 3.8) is 0 Å². The fourth-order valence-electron chi connectivity index (χ4n) is 2.41. The summed E-state index contributed by atoms with van der Waals surface area (Å²) in [6, 6.07) is 14.1. The second-order valence-corrected chi connectivity index (χ2v) is 7.17. The highest BCUT2D eigenvalue weighted by Gasteiger charge is 2.10. The molecule has 0 fully saturated rings. The van der Waals surface area contributed by atoms with Gasteiger partial charge in [0.2, 0.25) is 5.91 Å². The fourth-order valence-corrected chi connectivity index (χ4v) is 3.25. The first-order chi connectivity index (χ1) is 13.0. The topological polar surface area (TPSA) is 71.1 Å². The lowest BCUT2D eigenvalue weighted by Crippen LogP contribution is -2.11. The van der Waals surface area contributed by atoms with Crippen LogP contribution in [-0.2, 0) is 4.79 Å². The normalized spacial score (nSPS) is 10.4. The highest BCUT2D eigenvalue weighted by Crippen LogP contribution is 2.26. The molecular formula is C20H18ClN3O2S. The van der Waals surface area contributed by atoms with Crippen LogP contribution < -0.4 is 10.6 Å². The number of nitrogens with zero attached hydrogens (tertiary/aromatic N) is 1. The maximum Gasteiger partial charge on any atom is 0.257 e. The van der Waals surface area contributed by atoms with Crippen molar-refractivity contribution < 1.29 is 9.59 Å². The predicted molar refractivity (Wildman–Crippen MR) is 110 cm³/mol. The van der Waals surface area contributed by atoms with Gasteiger partial charge < -0.3 is 5.32 Å². The molecule has 5 nitrogen and oxygen atoms in total. The summed E-state index contributed by atoms with van der Waals surface area (Å²) in [5.74, 6) is -0.229. The Morgan fingerprint density at radius 3 is 2.41 bits per heavy atom. The summed E-state index contributed by atoms with van der Waals surface area (Å²) in [5.41, 5.74) is 2.94. The third-order valence-electron chi connectivity index (χ3n) is 3.77. The average Bonchev–Trinajstić information content (AvgIpc) is 3.11. The predicted octanol–water partition coefficient (Wildman–Crippen LogP) is 5.45. The van der Waals surface area contributed by atoms with E-state index in [-0.39, 0.29) is 11.8 Å². The highest BCUT2D eigenvalue weighted by atomic mass is 35.5. The maximum atomic E-state index is 12.2. The van der Waals surface area contributed by atoms with E-state index in [9.17, 15) is 9.59 Å². The number of anilines is 2. The number of hydrogen-bond donors (Lipinski definition) is 2. The molecule has 0 bridgehead atoms. The Labute approximate surface area is 166 Å². The minimum atomic E-state index is -0.235. The van der Waals surface area contributed by atoms with E-state index in [0.29, 0.717) is 22.1 Å². The Hall–Kier alpha value is -2.70. The van der Waals surface area contributed by atoms with Crippen molar-refractivity contribution in [1.82, 2.24) is 4.98 Å². The first-order valence-electron chi connectivity index (χ1n) is 8.48. The maximum absolute atomic E-state index is 12.2. The molecule has 1 heterocycles. The summed E-state index contributed by atoms with van der Waals surface area (Å²) in [7, 11) is 0. The van der Waals surface area contributed by atoms with Crippen LogP contribution in [0.5, 0.6) is 0 Å². The smallest absolute Gasteiger partial charge is 0.257 e. The molecule has 3 rings (SSSR count). The van der Waals surface area contributed by atoms with Crippen molar-refractivity contribution in [2.45, 2.75) is 19.8 Å². The minimum absolute atomic E-state index is 0.00565. The van der Waals surface area contributed by atoms with Crippen LogP contribution in [0.4, 0.5) is 10.8 Å². The second-order valence-electron chi connectivity index (χ2n) is 5.87. The zero-order chi connectivity index (χ0) is 19.2. The second kappa shape index (κ2) is 8.79. The Kier molecular flexibility index (Phi) is 6.21. The molecule has 0 saturated carbocycles. The summed E-state index contributed by atoms with van der Waals surface area (Å²) in [4.78, 5) is 28.3. The molecule has 2 amide bonds. The first-order valence-corrected chi connectivity index (χ1v) is 9.73. The molecule has 138 valence electrons. The Morgan fingerprint density at radius 2 is 1.74 bits per heavy atom. The number of carbonyl (C=O) groups is 2. The summed E-state index contributed by atoms with van der Waals surface area (Å²) in [6.45, 7) is 1.97. The summed E-state index contributed by atoms with van der Waals surface area (Å²) < 4.78 is 0. The van der Waals surface area contributed by atoms with Crippen LogP contribution in [0.3, 0.4) is 0 Å². The molecule has 3 aromatic rings. The van der Waals surface area contributed by atoms with Gasteiger partial charge in [-0.15, -0.1) is 11.3 Å². The molecule has 27 heavy (non-hydrogen) atoms. The van der Waals surface area contributed by atoms with Crippen molar-refractivity contribution >= 4 is 45.6 Å². The van der Waals surface area contributed by atoms with Crippen LogP contribution in [0.15, 0.2) is 53.9 Å². The first kappa shape index (κ1) is 19.1. The van der Waals surface area contributed by atoms with Crippen LogP contribution in [0.1, 0.15) is 30.1 Å². The van der Waals surface area contributed by atoms with Gasteiger partial charge in [0.15, 0.2) is 5.13 Å². The van der Waals surface area contributed by atoms with E-state index >= 15 is 0 Å². The van der Waals surface area contributed by atoms with Crippen molar-refractivity contribution in [1.29, 1.82) is 0 Å². The van der Waals surface area contributed by atoms with Crippen LogP contribution in [0.25, 0.3) is 11.3 Å². The molecule has 2 N–H and O–H groups in total. The van der Waals surface area contributed by atoms with Crippen molar-refractivity contribution in [2.24, 2.45) is 0 Å². The molecule has 0 radical (unpaired) electrons. The van der Waals surface area contributed by atoms with Crippen molar-refractivity contribution in [2.75, 3.05) is 10.6 Å². The molecule has 7 heteroatoms. The molecule has 0 aliphatic rings. The van der Waals surface area contributed by atoms with E-state index in [2.05, 4.69) is 15.6 Å². The van der Waals surface area contributed by atoms with Gasteiger partial charge in [0.1, 0.15) is 0 Å². The Bertz CT molecular complexity index is 937. The number of halogens is 1. The molecule has 0 aliphatic heterocycles. The van der Waals surface area contributed by atoms with Gasteiger partial charge in [-0.25, -0.2) is 4.98 Å². The van der Waals surface area contributed by atoms with Gasteiger partial charge in [-0.2, -0.15) is 0 Å². The minimum Gasteiger partial charge on any atom is -0.326 e. The van der Waals surface area contributed by atoms with Gasteiger partial charge in [0.05, 0.1) is 5.69 Å². The quantitative estimate of drug-likeness (QED) is 0.578. The van der Waals surface area contributed by atoms with Crippen LogP contribution in [0, 0.1) is 0 Å². The lowest BCUT2D eigenvalue weighted by molar-refractivity contribution is -0.116. The van der Waals surface area contributed by atoms with E-state index in [1.807, 2.05) is 36.6 Å². The zero-order valence-electron chi connectivity index (χ0n) is 14.7. The largest absolute Gasteiger partial charge is 0.326 e. The monoisotopic (exact) mass is 399 g/mol. The highest BCUT2D eigenvalue weighted by molar-refractivity contribution is 7.14. The Balaban J connectivity index is 1.65. The molecule has 0 aliphatic carbocycles. The van der Waals surface area contributed by atoms with Gasteiger partial charge >= 0.3 is 0 Å². The summed E-state index contributed by atoms with van der Waals surface area (Å²) in [5, 5.41) is 8.62. The van der Waals surface area contributed by atoms with Crippen molar-refractivity contribution in [3.05, 3.63) is 64.5 Å². The van der Waals surface area contributed by atoms with Gasteiger partial charge in [-0.05, 0) is 42.8 Å². The lowest BCUT2D eigenvalue weighted by Gasteiger charge is -2.05. The fraction of sp³-hybridized carbons (Fsp3) is 0.150. The Morgan fingerprint density at radius 1 is 1.04 bits per heavy atom. The number of benzene rings is 2. The van der Waals surface area contributed by atoms with E-state index < -0.39 is 0 Å². The van der Waals surface area contributed by atoms with E-state index in [1.54, 1.807) is 24.3 Å². The third-order valence-corrected chi connectivity index (χ3v) is 4.78. The third kappa shape index (κ3) is 5.15. The lowest BCUT2D eigenvalue weighted by atomic mass is 10.1. The summed E-state index contributed by atoms with van der Waals surface area (Å²) >= 11 is 7.19. The van der Waals surface area contributed by atoms with E-state index in [4.69, 9.17) is 11.6 Å². The number of aromatic nitrogens is 1. The average molecular weight is 400 g/mol. The molecular weight excluding hydrogens is 382 g/mol. The van der Waals surface area contributed by atoms with Gasteiger partial charge in [0.25, 0.3) is 5.91 Å².